The van der Waals surface area contributed by atoms with Crippen LogP contribution < -0.4 is 19.3 Å². The molecule has 142 valence electrons. The summed E-state index contributed by atoms with van der Waals surface area (Å²) in [6.45, 7) is 2.81. The van der Waals surface area contributed by atoms with Crippen molar-refractivity contribution in [2.45, 2.75) is 13.3 Å². The predicted octanol–water partition coefficient (Wildman–Crippen LogP) is 3.11. The fraction of sp³-hybridized carbons (Fsp3) is 0.333. The van der Waals surface area contributed by atoms with E-state index in [0.29, 0.717) is 30.3 Å². The molecule has 3 rings (SSSR count). The lowest BCUT2D eigenvalue weighted by molar-refractivity contribution is -0.124. The molecule has 6 nitrogen and oxygen atoms in total. The number of para-hydroxylation sites is 1. The first-order chi connectivity index (χ1) is 13.1. The van der Waals surface area contributed by atoms with E-state index in [2.05, 4.69) is 0 Å². The molecule has 2 amide bonds. The Hall–Kier alpha value is -3.02. The highest BCUT2D eigenvalue weighted by Crippen LogP contribution is 2.36. The Labute approximate surface area is 159 Å². The lowest BCUT2D eigenvalue weighted by Crippen LogP contribution is -2.37. The maximum atomic E-state index is 13.1. The molecule has 0 aliphatic carbocycles. The maximum Gasteiger partial charge on any atom is 0.232 e. The molecule has 2 aromatic carbocycles. The van der Waals surface area contributed by atoms with Crippen molar-refractivity contribution < 1.29 is 19.1 Å². The Morgan fingerprint density at radius 2 is 1.89 bits per heavy atom. The molecule has 1 fully saturated rings. The zero-order valence-corrected chi connectivity index (χ0v) is 15.8. The minimum Gasteiger partial charge on any atom is -0.497 e. The number of rotatable bonds is 6. The molecule has 1 atom stereocenters. The van der Waals surface area contributed by atoms with Gasteiger partial charge in [0.25, 0.3) is 0 Å². The van der Waals surface area contributed by atoms with Gasteiger partial charge in [0.05, 0.1) is 25.8 Å². The summed E-state index contributed by atoms with van der Waals surface area (Å²) < 4.78 is 10.7. The number of methoxy groups -OCH3 is 2. The van der Waals surface area contributed by atoms with Crippen LogP contribution in [0.5, 0.6) is 11.5 Å². The van der Waals surface area contributed by atoms with Crippen molar-refractivity contribution in [3.05, 3.63) is 48.5 Å². The summed E-state index contributed by atoms with van der Waals surface area (Å²) in [4.78, 5) is 29.1. The van der Waals surface area contributed by atoms with Gasteiger partial charge in [0.2, 0.25) is 11.8 Å². The highest BCUT2D eigenvalue weighted by Gasteiger charge is 2.38. The van der Waals surface area contributed by atoms with Crippen molar-refractivity contribution in [1.29, 1.82) is 0 Å². The van der Waals surface area contributed by atoms with Crippen LogP contribution in [0.1, 0.15) is 13.3 Å². The molecule has 1 aliphatic rings. The van der Waals surface area contributed by atoms with E-state index in [1.54, 1.807) is 42.2 Å². The normalized spacial score (nSPS) is 16.3. The van der Waals surface area contributed by atoms with Crippen molar-refractivity contribution in [2.75, 3.05) is 37.1 Å². The van der Waals surface area contributed by atoms with E-state index in [-0.39, 0.29) is 18.2 Å². The molecular weight excluding hydrogens is 344 g/mol. The van der Waals surface area contributed by atoms with Crippen molar-refractivity contribution in [1.82, 2.24) is 0 Å². The van der Waals surface area contributed by atoms with Gasteiger partial charge >= 0.3 is 0 Å². The van der Waals surface area contributed by atoms with Gasteiger partial charge in [0.15, 0.2) is 0 Å². The number of benzene rings is 2. The molecule has 1 saturated heterocycles. The molecule has 0 saturated carbocycles. The third kappa shape index (κ3) is 3.74. The molecule has 0 unspecified atom stereocenters. The van der Waals surface area contributed by atoms with Crippen LogP contribution in [0.3, 0.4) is 0 Å². The Morgan fingerprint density at radius 1 is 1.15 bits per heavy atom. The second-order valence-corrected chi connectivity index (χ2v) is 6.36. The Bertz CT molecular complexity index is 822. The Kier molecular flexibility index (Phi) is 5.64. The van der Waals surface area contributed by atoms with Gasteiger partial charge in [-0.25, -0.2) is 0 Å². The minimum atomic E-state index is -0.395. The van der Waals surface area contributed by atoms with Crippen LogP contribution in [0.15, 0.2) is 48.5 Å². The van der Waals surface area contributed by atoms with Crippen molar-refractivity contribution >= 4 is 23.2 Å². The monoisotopic (exact) mass is 368 g/mol. The van der Waals surface area contributed by atoms with Crippen molar-refractivity contribution in [3.8, 4) is 11.5 Å². The third-order valence-corrected chi connectivity index (χ3v) is 4.80. The SMILES string of the molecule is CCN(C(=O)[C@H]1CC(=O)N(c2cc(OC)ccc2OC)C1)c1ccccc1. The fourth-order valence-corrected chi connectivity index (χ4v) is 3.41. The number of ether oxygens (including phenoxy) is 2. The lowest BCUT2D eigenvalue weighted by Gasteiger charge is -2.25. The summed E-state index contributed by atoms with van der Waals surface area (Å²) in [7, 11) is 3.13. The standard InChI is InChI=1S/C21H24N2O4/c1-4-22(16-8-6-5-7-9-16)21(25)15-12-20(24)23(14-15)18-13-17(26-2)10-11-19(18)27-3/h5-11,13,15H,4,12,14H2,1-3H3/t15-/m0/s1. The lowest BCUT2D eigenvalue weighted by atomic mass is 10.1. The van der Waals surface area contributed by atoms with Gasteiger partial charge in [-0.1, -0.05) is 18.2 Å². The van der Waals surface area contributed by atoms with Gasteiger partial charge in [-0.05, 0) is 31.2 Å². The summed E-state index contributed by atoms with van der Waals surface area (Å²) in [5.41, 5.74) is 1.47. The molecule has 0 N–H and O–H groups in total. The van der Waals surface area contributed by atoms with Gasteiger partial charge in [-0.3, -0.25) is 9.59 Å². The highest BCUT2D eigenvalue weighted by atomic mass is 16.5. The molecule has 0 aromatic heterocycles. The number of hydrogen-bond acceptors (Lipinski definition) is 4. The number of carbonyl (C=O) groups excluding carboxylic acids is 2. The first kappa shape index (κ1) is 18.8. The van der Waals surface area contributed by atoms with E-state index < -0.39 is 5.92 Å². The van der Waals surface area contributed by atoms with Gasteiger partial charge in [0.1, 0.15) is 11.5 Å². The van der Waals surface area contributed by atoms with E-state index in [9.17, 15) is 9.59 Å². The van der Waals surface area contributed by atoms with Crippen molar-refractivity contribution in [2.24, 2.45) is 5.92 Å². The van der Waals surface area contributed by atoms with E-state index in [1.165, 1.54) is 0 Å². The van der Waals surface area contributed by atoms with E-state index in [4.69, 9.17) is 9.47 Å². The number of hydrogen-bond donors (Lipinski definition) is 0. The summed E-state index contributed by atoms with van der Waals surface area (Å²) in [6, 6.07) is 14.8. The van der Waals surface area contributed by atoms with Crippen LogP contribution in [0.4, 0.5) is 11.4 Å². The molecule has 0 spiro atoms. The molecule has 27 heavy (non-hydrogen) atoms. The van der Waals surface area contributed by atoms with E-state index >= 15 is 0 Å². The van der Waals surface area contributed by atoms with Gasteiger partial charge in [-0.15, -0.1) is 0 Å². The molecule has 6 heteroatoms. The summed E-state index contributed by atoms with van der Waals surface area (Å²) >= 11 is 0. The van der Waals surface area contributed by atoms with E-state index in [1.807, 2.05) is 37.3 Å². The zero-order valence-electron chi connectivity index (χ0n) is 15.8. The van der Waals surface area contributed by atoms with Crippen molar-refractivity contribution in [3.63, 3.8) is 0 Å². The highest BCUT2D eigenvalue weighted by molar-refractivity contribution is 6.05. The zero-order chi connectivity index (χ0) is 19.4. The molecular formula is C21H24N2O4. The maximum absolute atomic E-state index is 13.1. The number of nitrogens with zero attached hydrogens (tertiary/aromatic N) is 2. The molecule has 1 aliphatic heterocycles. The quantitative estimate of drug-likeness (QED) is 0.786. The Balaban J connectivity index is 1.84. The molecule has 2 aromatic rings. The number of amides is 2. The van der Waals surface area contributed by atoms with Crippen LogP contribution in [0, 0.1) is 5.92 Å². The summed E-state index contributed by atoms with van der Waals surface area (Å²) in [5.74, 6) is 0.680. The first-order valence-corrected chi connectivity index (χ1v) is 8.97. The van der Waals surface area contributed by atoms with Crippen LogP contribution >= 0.6 is 0 Å². The topological polar surface area (TPSA) is 59.1 Å². The van der Waals surface area contributed by atoms with Gasteiger partial charge in [-0.2, -0.15) is 0 Å². The van der Waals surface area contributed by atoms with Crippen LogP contribution in [-0.2, 0) is 9.59 Å². The summed E-state index contributed by atoms with van der Waals surface area (Å²) in [5, 5.41) is 0. The van der Waals surface area contributed by atoms with Crippen LogP contribution in [0.25, 0.3) is 0 Å². The molecule has 1 heterocycles. The fourth-order valence-electron chi connectivity index (χ4n) is 3.41. The number of carbonyl (C=O) groups is 2. The van der Waals surface area contributed by atoms with Gasteiger partial charge < -0.3 is 19.3 Å². The number of anilines is 2. The molecule has 0 bridgehead atoms. The average molecular weight is 368 g/mol. The average Bonchev–Trinajstić information content (AvgIpc) is 3.10. The largest absolute Gasteiger partial charge is 0.497 e. The predicted molar refractivity (Wildman–Crippen MR) is 104 cm³/mol. The second-order valence-electron chi connectivity index (χ2n) is 6.36. The summed E-state index contributed by atoms with van der Waals surface area (Å²) in [6.07, 6.45) is 0.183. The third-order valence-electron chi connectivity index (χ3n) is 4.80. The molecule has 0 radical (unpaired) electrons. The first-order valence-electron chi connectivity index (χ1n) is 8.97. The minimum absolute atomic E-state index is 0.0404. The van der Waals surface area contributed by atoms with E-state index in [0.717, 1.165) is 5.69 Å². The van der Waals surface area contributed by atoms with Crippen LogP contribution in [-0.4, -0.2) is 39.1 Å². The van der Waals surface area contributed by atoms with Crippen LogP contribution in [0.2, 0.25) is 0 Å². The Morgan fingerprint density at radius 3 is 2.52 bits per heavy atom. The smallest absolute Gasteiger partial charge is 0.232 e. The van der Waals surface area contributed by atoms with Gasteiger partial charge in [0, 0.05) is 31.3 Å². The second kappa shape index (κ2) is 8.12.